The number of aromatic nitrogens is 1. The number of halogens is 1. The number of methoxy groups -OCH3 is 2. The molecule has 6 nitrogen and oxygen atoms in total. The average Bonchev–Trinajstić information content (AvgIpc) is 3.17. The van der Waals surface area contributed by atoms with Crippen molar-refractivity contribution in [2.75, 3.05) is 24.9 Å². The van der Waals surface area contributed by atoms with Gasteiger partial charge in [0.05, 0.1) is 19.9 Å². The second-order valence-electron chi connectivity index (χ2n) is 6.64. The molecular weight excluding hydrogens is 402 g/mol. The van der Waals surface area contributed by atoms with Gasteiger partial charge in [0.15, 0.2) is 0 Å². The Morgan fingerprint density at radius 1 is 0.900 bits per heavy atom. The number of carbonyl (C=O) groups is 1. The molecule has 30 heavy (non-hydrogen) atoms. The van der Waals surface area contributed by atoms with E-state index < -0.39 is 0 Å². The number of hydrogen-bond acceptors (Lipinski definition) is 3. The molecule has 0 aliphatic rings. The number of amides is 2. The van der Waals surface area contributed by atoms with Crippen LogP contribution >= 0.6 is 11.6 Å². The molecule has 0 saturated heterocycles. The van der Waals surface area contributed by atoms with Crippen molar-refractivity contribution in [3.05, 3.63) is 71.8 Å². The maximum atomic E-state index is 12.4. The Hall–Kier alpha value is -3.64. The summed E-state index contributed by atoms with van der Waals surface area (Å²) in [4.78, 5) is 15.8. The number of nitrogens with one attached hydrogen (secondary N) is 3. The predicted molar refractivity (Wildman–Crippen MR) is 121 cm³/mol. The monoisotopic (exact) mass is 421 g/mol. The summed E-state index contributed by atoms with van der Waals surface area (Å²) in [5.74, 6) is 1.16. The standard InChI is InChI=1S/C23H20ClN3O3/c1-29-18-8-10-20(22(13-18)30-2)27-23(28)25-17-6-3-14(4-7-17)21-12-15-11-16(24)5-9-19(15)26-21/h3-13,26H,1-2H3,(H2,25,27,28). The van der Waals surface area contributed by atoms with E-state index in [4.69, 9.17) is 21.1 Å². The molecule has 0 radical (unpaired) electrons. The van der Waals surface area contributed by atoms with Crippen LogP contribution in [0.3, 0.4) is 0 Å². The third-order valence-electron chi connectivity index (χ3n) is 4.69. The topological polar surface area (TPSA) is 75.4 Å². The quantitative estimate of drug-likeness (QED) is 0.361. The fraction of sp³-hybridized carbons (Fsp3) is 0.0870. The van der Waals surface area contributed by atoms with E-state index in [2.05, 4.69) is 15.6 Å². The molecule has 0 bridgehead atoms. The minimum atomic E-state index is -0.369. The highest BCUT2D eigenvalue weighted by molar-refractivity contribution is 6.31. The lowest BCUT2D eigenvalue weighted by atomic mass is 10.1. The number of carbonyl (C=O) groups excluding carboxylic acids is 1. The second kappa shape index (κ2) is 8.39. The zero-order valence-electron chi connectivity index (χ0n) is 16.5. The van der Waals surface area contributed by atoms with Gasteiger partial charge in [0, 0.05) is 33.4 Å². The average molecular weight is 422 g/mol. The van der Waals surface area contributed by atoms with Crippen molar-refractivity contribution in [2.45, 2.75) is 0 Å². The molecule has 1 heterocycles. The molecule has 4 rings (SSSR count). The minimum absolute atomic E-state index is 0.369. The molecule has 0 aliphatic heterocycles. The Morgan fingerprint density at radius 2 is 1.70 bits per heavy atom. The van der Waals surface area contributed by atoms with Crippen LogP contribution in [0.5, 0.6) is 11.5 Å². The summed E-state index contributed by atoms with van der Waals surface area (Å²) in [7, 11) is 3.11. The van der Waals surface area contributed by atoms with Crippen molar-refractivity contribution in [2.24, 2.45) is 0 Å². The van der Waals surface area contributed by atoms with Gasteiger partial charge in [-0.05, 0) is 54.1 Å². The normalized spacial score (nSPS) is 10.6. The fourth-order valence-corrected chi connectivity index (χ4v) is 3.36. The highest BCUT2D eigenvalue weighted by Crippen LogP contribution is 2.30. The Kier molecular flexibility index (Phi) is 5.50. The number of fused-ring (bicyclic) bond motifs is 1. The number of H-pyrrole nitrogens is 1. The first-order chi connectivity index (χ1) is 14.6. The SMILES string of the molecule is COc1ccc(NC(=O)Nc2ccc(-c3cc4cc(Cl)ccc4[nH]3)cc2)c(OC)c1. The number of aromatic amines is 1. The molecule has 152 valence electrons. The predicted octanol–water partition coefficient (Wildman–Crippen LogP) is 6.15. The Labute approximate surface area is 178 Å². The Bertz CT molecular complexity index is 1200. The van der Waals surface area contributed by atoms with Crippen LogP contribution in [0.1, 0.15) is 0 Å². The van der Waals surface area contributed by atoms with Gasteiger partial charge in [-0.15, -0.1) is 0 Å². The molecule has 0 fully saturated rings. The Balaban J connectivity index is 1.46. The van der Waals surface area contributed by atoms with E-state index in [0.29, 0.717) is 27.9 Å². The lowest BCUT2D eigenvalue weighted by Crippen LogP contribution is -2.19. The highest BCUT2D eigenvalue weighted by Gasteiger charge is 2.10. The van der Waals surface area contributed by atoms with Gasteiger partial charge >= 0.3 is 6.03 Å². The first kappa shape index (κ1) is 19.7. The Morgan fingerprint density at radius 3 is 2.43 bits per heavy atom. The number of ether oxygens (including phenoxy) is 2. The first-order valence-corrected chi connectivity index (χ1v) is 9.62. The highest BCUT2D eigenvalue weighted by atomic mass is 35.5. The molecule has 2 amide bonds. The zero-order chi connectivity index (χ0) is 21.1. The van der Waals surface area contributed by atoms with Crippen molar-refractivity contribution >= 4 is 39.9 Å². The third-order valence-corrected chi connectivity index (χ3v) is 4.93. The van der Waals surface area contributed by atoms with Gasteiger partial charge in [-0.2, -0.15) is 0 Å². The number of rotatable bonds is 5. The lowest BCUT2D eigenvalue weighted by Gasteiger charge is -2.12. The molecule has 0 saturated carbocycles. The van der Waals surface area contributed by atoms with Gasteiger partial charge in [-0.3, -0.25) is 0 Å². The van der Waals surface area contributed by atoms with E-state index >= 15 is 0 Å². The summed E-state index contributed by atoms with van der Waals surface area (Å²) >= 11 is 6.06. The fourth-order valence-electron chi connectivity index (χ4n) is 3.18. The van der Waals surface area contributed by atoms with E-state index in [1.807, 2.05) is 48.5 Å². The van der Waals surface area contributed by atoms with E-state index in [0.717, 1.165) is 22.2 Å². The molecule has 7 heteroatoms. The molecule has 4 aromatic rings. The summed E-state index contributed by atoms with van der Waals surface area (Å²) in [5, 5.41) is 7.35. The van der Waals surface area contributed by atoms with Gasteiger partial charge in [0.2, 0.25) is 0 Å². The number of urea groups is 1. The van der Waals surface area contributed by atoms with Crippen molar-refractivity contribution < 1.29 is 14.3 Å². The number of anilines is 2. The van der Waals surface area contributed by atoms with Crippen LogP contribution in [0.4, 0.5) is 16.2 Å². The van der Waals surface area contributed by atoms with Crippen LogP contribution in [-0.4, -0.2) is 25.2 Å². The molecule has 0 spiro atoms. The molecular formula is C23H20ClN3O3. The molecule has 3 aromatic carbocycles. The first-order valence-electron chi connectivity index (χ1n) is 9.24. The van der Waals surface area contributed by atoms with Crippen molar-refractivity contribution in [3.8, 4) is 22.8 Å². The molecule has 3 N–H and O–H groups in total. The molecule has 0 atom stereocenters. The van der Waals surface area contributed by atoms with Crippen LogP contribution < -0.4 is 20.1 Å². The summed E-state index contributed by atoms with van der Waals surface area (Å²) < 4.78 is 10.5. The molecule has 0 unspecified atom stereocenters. The number of hydrogen-bond donors (Lipinski definition) is 3. The van der Waals surface area contributed by atoms with Crippen LogP contribution in [0.2, 0.25) is 5.02 Å². The zero-order valence-corrected chi connectivity index (χ0v) is 17.2. The van der Waals surface area contributed by atoms with E-state index in [9.17, 15) is 4.79 Å². The maximum Gasteiger partial charge on any atom is 0.323 e. The lowest BCUT2D eigenvalue weighted by molar-refractivity contribution is 0.262. The van der Waals surface area contributed by atoms with Gasteiger partial charge in [-0.25, -0.2) is 4.79 Å². The van der Waals surface area contributed by atoms with Crippen LogP contribution in [-0.2, 0) is 0 Å². The third kappa shape index (κ3) is 4.18. The van der Waals surface area contributed by atoms with Gasteiger partial charge in [0.25, 0.3) is 0 Å². The van der Waals surface area contributed by atoms with Gasteiger partial charge in [-0.1, -0.05) is 23.7 Å². The van der Waals surface area contributed by atoms with Gasteiger partial charge in [0.1, 0.15) is 11.5 Å². The molecule has 1 aromatic heterocycles. The van der Waals surface area contributed by atoms with Crippen molar-refractivity contribution in [1.29, 1.82) is 0 Å². The summed E-state index contributed by atoms with van der Waals surface area (Å²) in [5.41, 5.74) is 4.22. The largest absolute Gasteiger partial charge is 0.497 e. The summed E-state index contributed by atoms with van der Waals surface area (Å²) in [6.45, 7) is 0. The van der Waals surface area contributed by atoms with Crippen molar-refractivity contribution in [3.63, 3.8) is 0 Å². The van der Waals surface area contributed by atoms with E-state index in [-0.39, 0.29) is 6.03 Å². The van der Waals surface area contributed by atoms with E-state index in [1.165, 1.54) is 7.11 Å². The van der Waals surface area contributed by atoms with Crippen LogP contribution in [0, 0.1) is 0 Å². The summed E-state index contributed by atoms with van der Waals surface area (Å²) in [6.07, 6.45) is 0. The van der Waals surface area contributed by atoms with E-state index in [1.54, 1.807) is 25.3 Å². The number of benzene rings is 3. The van der Waals surface area contributed by atoms with Crippen LogP contribution in [0.25, 0.3) is 22.2 Å². The van der Waals surface area contributed by atoms with Gasteiger partial charge < -0.3 is 25.1 Å². The minimum Gasteiger partial charge on any atom is -0.497 e. The second-order valence-corrected chi connectivity index (χ2v) is 7.07. The van der Waals surface area contributed by atoms with Crippen LogP contribution in [0.15, 0.2) is 66.7 Å². The maximum absolute atomic E-state index is 12.4. The smallest absolute Gasteiger partial charge is 0.323 e. The van der Waals surface area contributed by atoms with Crippen molar-refractivity contribution in [1.82, 2.24) is 4.98 Å². The summed E-state index contributed by atoms with van der Waals surface area (Å²) in [6, 6.07) is 20.2. The molecule has 0 aliphatic carbocycles.